The van der Waals surface area contributed by atoms with Gasteiger partial charge in [-0.25, -0.2) is 0 Å². The summed E-state index contributed by atoms with van der Waals surface area (Å²) in [7, 11) is 1.86. The van der Waals surface area contributed by atoms with Gasteiger partial charge < -0.3 is 20.1 Å². The average molecular weight is 267 g/mol. The zero-order valence-electron chi connectivity index (χ0n) is 10.4. The molecule has 5 nitrogen and oxygen atoms in total. The first-order chi connectivity index (χ1) is 7.83. The summed E-state index contributed by atoms with van der Waals surface area (Å²) in [6.45, 7) is 3.40. The van der Waals surface area contributed by atoms with Crippen molar-refractivity contribution in [2.24, 2.45) is 0 Å². The minimum atomic E-state index is 0. The van der Waals surface area contributed by atoms with Crippen molar-refractivity contribution in [2.45, 2.75) is 25.4 Å². The molecule has 102 valence electrons. The van der Waals surface area contributed by atoms with Crippen LogP contribution in [0, 0.1) is 0 Å². The Hall–Kier alpha value is -0.360. The van der Waals surface area contributed by atoms with Crippen LogP contribution >= 0.6 is 12.4 Å². The summed E-state index contributed by atoms with van der Waals surface area (Å²) >= 11 is 0. The predicted octanol–water partition coefficient (Wildman–Crippen LogP) is 0.330. The Morgan fingerprint density at radius 1 is 1.47 bits per heavy atom. The number of carbonyl (C=O) groups is 1. The van der Waals surface area contributed by atoms with E-state index in [0.717, 1.165) is 26.0 Å². The molecule has 0 bridgehead atoms. The second kappa shape index (κ2) is 10.8. The molecular weight excluding hydrogens is 244 g/mol. The molecule has 17 heavy (non-hydrogen) atoms. The van der Waals surface area contributed by atoms with Crippen LogP contribution in [-0.2, 0) is 14.3 Å². The van der Waals surface area contributed by atoms with Crippen molar-refractivity contribution in [3.05, 3.63) is 0 Å². The maximum atomic E-state index is 11.3. The fourth-order valence-electron chi connectivity index (χ4n) is 1.57. The summed E-state index contributed by atoms with van der Waals surface area (Å²) in [6, 6.07) is 0. The third-order valence-electron chi connectivity index (χ3n) is 2.50. The van der Waals surface area contributed by atoms with E-state index in [4.69, 9.17) is 9.47 Å². The van der Waals surface area contributed by atoms with Gasteiger partial charge in [-0.3, -0.25) is 4.79 Å². The molecule has 0 aromatic carbocycles. The Balaban J connectivity index is 0.00000256. The summed E-state index contributed by atoms with van der Waals surface area (Å²) in [5.74, 6) is 0.0441. The normalized spacial score (nSPS) is 18.8. The molecule has 0 aliphatic carbocycles. The maximum absolute atomic E-state index is 11.3. The number of rotatable bonds is 8. The second-order valence-corrected chi connectivity index (χ2v) is 3.91. The van der Waals surface area contributed by atoms with Gasteiger partial charge in [0.2, 0.25) is 5.91 Å². The van der Waals surface area contributed by atoms with Crippen molar-refractivity contribution in [2.75, 3.05) is 40.0 Å². The van der Waals surface area contributed by atoms with E-state index in [1.54, 1.807) is 0 Å². The van der Waals surface area contributed by atoms with Gasteiger partial charge in [-0.1, -0.05) is 0 Å². The molecule has 1 amide bonds. The van der Waals surface area contributed by atoms with Crippen LogP contribution in [-0.4, -0.2) is 52.0 Å². The average Bonchev–Trinajstić information content (AvgIpc) is 2.78. The minimum absolute atomic E-state index is 0. The van der Waals surface area contributed by atoms with Crippen molar-refractivity contribution in [1.82, 2.24) is 10.6 Å². The van der Waals surface area contributed by atoms with E-state index >= 15 is 0 Å². The molecule has 1 aliphatic heterocycles. The Morgan fingerprint density at radius 3 is 2.94 bits per heavy atom. The van der Waals surface area contributed by atoms with Gasteiger partial charge in [-0.15, -0.1) is 12.4 Å². The van der Waals surface area contributed by atoms with Crippen LogP contribution in [0.5, 0.6) is 0 Å². The van der Waals surface area contributed by atoms with Crippen molar-refractivity contribution in [3.8, 4) is 0 Å². The Bertz CT molecular complexity index is 199. The van der Waals surface area contributed by atoms with Gasteiger partial charge in [0.1, 0.15) is 0 Å². The minimum Gasteiger partial charge on any atom is -0.378 e. The highest BCUT2D eigenvalue weighted by Crippen LogP contribution is 2.11. The number of nitrogens with one attached hydrogen (secondary N) is 2. The van der Waals surface area contributed by atoms with E-state index < -0.39 is 0 Å². The molecule has 2 N–H and O–H groups in total. The summed E-state index contributed by atoms with van der Waals surface area (Å²) < 4.78 is 10.8. The first kappa shape index (κ1) is 16.6. The van der Waals surface area contributed by atoms with Gasteiger partial charge in [-0.2, -0.15) is 0 Å². The van der Waals surface area contributed by atoms with Crippen LogP contribution in [0.4, 0.5) is 0 Å². The van der Waals surface area contributed by atoms with E-state index in [-0.39, 0.29) is 24.4 Å². The highest BCUT2D eigenvalue weighted by Gasteiger charge is 2.15. The molecule has 0 aromatic rings. The Kier molecular flexibility index (Phi) is 10.5. The van der Waals surface area contributed by atoms with Crippen molar-refractivity contribution in [3.63, 3.8) is 0 Å². The fraction of sp³-hybridized carbons (Fsp3) is 0.909. The lowest BCUT2D eigenvalue weighted by Gasteiger charge is -2.10. The molecule has 1 aliphatic rings. The van der Waals surface area contributed by atoms with E-state index in [9.17, 15) is 4.79 Å². The number of carbonyl (C=O) groups excluding carboxylic acids is 1. The van der Waals surface area contributed by atoms with Crippen molar-refractivity contribution < 1.29 is 14.3 Å². The van der Waals surface area contributed by atoms with Crippen LogP contribution in [0.25, 0.3) is 0 Å². The molecular formula is C11H23ClN2O3. The molecule has 0 aromatic heterocycles. The van der Waals surface area contributed by atoms with Crippen LogP contribution in [0.2, 0.25) is 0 Å². The summed E-state index contributed by atoms with van der Waals surface area (Å²) in [5, 5.41) is 5.76. The van der Waals surface area contributed by atoms with Gasteiger partial charge in [0.25, 0.3) is 0 Å². The van der Waals surface area contributed by atoms with Crippen LogP contribution in [0.1, 0.15) is 19.3 Å². The molecule has 6 heteroatoms. The standard InChI is InChI=1S/C11H22N2O3.ClH/c1-12-5-6-13-11(14)4-8-15-9-10-3-2-7-16-10;/h10,12H,2-9H2,1H3,(H,13,14);1H. The van der Waals surface area contributed by atoms with Gasteiger partial charge in [0.05, 0.1) is 19.3 Å². The lowest BCUT2D eigenvalue weighted by molar-refractivity contribution is -0.122. The number of amides is 1. The molecule has 1 atom stereocenters. The molecule has 0 radical (unpaired) electrons. The first-order valence-corrected chi connectivity index (χ1v) is 5.93. The Morgan fingerprint density at radius 2 is 2.29 bits per heavy atom. The van der Waals surface area contributed by atoms with Gasteiger partial charge in [0.15, 0.2) is 0 Å². The second-order valence-electron chi connectivity index (χ2n) is 3.91. The van der Waals surface area contributed by atoms with E-state index in [1.165, 1.54) is 0 Å². The predicted molar refractivity (Wildman–Crippen MR) is 68.6 cm³/mol. The largest absolute Gasteiger partial charge is 0.378 e. The van der Waals surface area contributed by atoms with Crippen molar-refractivity contribution in [1.29, 1.82) is 0 Å². The molecule has 0 spiro atoms. The quantitative estimate of drug-likeness (QED) is 0.622. The third-order valence-corrected chi connectivity index (χ3v) is 2.50. The van der Waals surface area contributed by atoms with Crippen LogP contribution < -0.4 is 10.6 Å². The van der Waals surface area contributed by atoms with E-state index in [0.29, 0.717) is 26.2 Å². The monoisotopic (exact) mass is 266 g/mol. The van der Waals surface area contributed by atoms with Gasteiger partial charge >= 0.3 is 0 Å². The topological polar surface area (TPSA) is 59.6 Å². The number of likely N-dealkylation sites (N-methyl/N-ethyl adjacent to an activating group) is 1. The number of halogens is 1. The van der Waals surface area contributed by atoms with Crippen LogP contribution in [0.3, 0.4) is 0 Å². The zero-order valence-corrected chi connectivity index (χ0v) is 11.2. The molecule has 0 saturated carbocycles. The van der Waals surface area contributed by atoms with Gasteiger partial charge in [-0.05, 0) is 19.9 Å². The lowest BCUT2D eigenvalue weighted by Crippen LogP contribution is -2.31. The highest BCUT2D eigenvalue weighted by molar-refractivity contribution is 5.85. The van der Waals surface area contributed by atoms with Gasteiger partial charge in [0, 0.05) is 26.1 Å². The zero-order chi connectivity index (χ0) is 11.6. The molecule has 1 saturated heterocycles. The van der Waals surface area contributed by atoms with E-state index in [2.05, 4.69) is 10.6 Å². The fourth-order valence-corrected chi connectivity index (χ4v) is 1.57. The first-order valence-electron chi connectivity index (χ1n) is 5.93. The summed E-state index contributed by atoms with van der Waals surface area (Å²) in [5.41, 5.74) is 0. The molecule has 1 rings (SSSR count). The summed E-state index contributed by atoms with van der Waals surface area (Å²) in [4.78, 5) is 11.3. The Labute approximate surface area is 109 Å². The van der Waals surface area contributed by atoms with E-state index in [1.807, 2.05) is 7.05 Å². The smallest absolute Gasteiger partial charge is 0.222 e. The highest BCUT2D eigenvalue weighted by atomic mass is 35.5. The third kappa shape index (κ3) is 8.37. The molecule has 1 heterocycles. The SMILES string of the molecule is CNCCNC(=O)CCOCC1CCCO1.Cl. The maximum Gasteiger partial charge on any atom is 0.222 e. The number of ether oxygens (including phenoxy) is 2. The number of hydrogen-bond acceptors (Lipinski definition) is 4. The number of hydrogen-bond donors (Lipinski definition) is 2. The summed E-state index contributed by atoms with van der Waals surface area (Å²) in [6.07, 6.45) is 2.87. The van der Waals surface area contributed by atoms with Crippen molar-refractivity contribution >= 4 is 18.3 Å². The lowest BCUT2D eigenvalue weighted by atomic mass is 10.2. The molecule has 1 unspecified atom stereocenters. The van der Waals surface area contributed by atoms with Crippen LogP contribution in [0.15, 0.2) is 0 Å². The molecule has 1 fully saturated rings.